The lowest BCUT2D eigenvalue weighted by molar-refractivity contribution is -0.385. The molecule has 0 N–H and O–H groups in total. The van der Waals surface area contributed by atoms with Crippen molar-refractivity contribution < 1.29 is 51.6 Å². The standard InChI is InChI=1S/C19H15ClF3NO7.C12H7Cl2NO3/c1-3-29-17(25)10(2)30-18(26)13-9-12(5-6-15(13)24(27)28)31-16-7-4-11(8-14(16)20)19(21,22)23;13-8-1-6-12(11(14)7-8)18-10-4-2-9(3-5-10)15(16)17/h4-10H,3H2,1-2H3;1-7H. The maximum Gasteiger partial charge on any atom is 0.416 e. The number of ether oxygens (including phenoxy) is 4. The lowest BCUT2D eigenvalue weighted by atomic mass is 10.1. The number of carbonyl (C=O) groups is 2. The van der Waals surface area contributed by atoms with Gasteiger partial charge in [-0.2, -0.15) is 13.2 Å². The first-order valence-electron chi connectivity index (χ1n) is 13.6. The molecule has 0 aliphatic carbocycles. The van der Waals surface area contributed by atoms with Crippen LogP contribution >= 0.6 is 34.8 Å². The first kappa shape index (κ1) is 38.3. The van der Waals surface area contributed by atoms with Crippen molar-refractivity contribution in [1.82, 2.24) is 0 Å². The number of nitro benzene ring substituents is 2. The Morgan fingerprint density at radius 1 is 0.796 bits per heavy atom. The third-order valence-electron chi connectivity index (χ3n) is 5.94. The van der Waals surface area contributed by atoms with Crippen molar-refractivity contribution >= 4 is 58.1 Å². The molecule has 4 rings (SSSR count). The second-order valence-corrected chi connectivity index (χ2v) is 10.7. The number of nitro groups is 2. The summed E-state index contributed by atoms with van der Waals surface area (Å²) in [6, 6.07) is 15.9. The normalized spacial score (nSPS) is 11.3. The SMILES string of the molecule is CCOC(=O)C(C)OC(=O)c1cc(Oc2ccc(C(F)(F)F)cc2Cl)ccc1[N+](=O)[O-].O=[N+]([O-])c1ccc(Oc2ccc(Cl)cc2Cl)cc1. The average molecular weight is 746 g/mol. The first-order chi connectivity index (χ1) is 23.0. The molecule has 12 nitrogen and oxygen atoms in total. The molecule has 0 amide bonds. The topological polar surface area (TPSA) is 157 Å². The number of esters is 2. The number of hydrogen-bond acceptors (Lipinski definition) is 10. The third kappa shape index (κ3) is 11.0. The molecule has 258 valence electrons. The second-order valence-electron chi connectivity index (χ2n) is 9.41. The molecule has 0 bridgehead atoms. The van der Waals surface area contributed by atoms with Gasteiger partial charge in [0, 0.05) is 29.3 Å². The smallest absolute Gasteiger partial charge is 0.416 e. The molecule has 0 saturated heterocycles. The van der Waals surface area contributed by atoms with Crippen molar-refractivity contribution in [2.75, 3.05) is 6.61 Å². The van der Waals surface area contributed by atoms with Crippen LogP contribution in [0.2, 0.25) is 15.1 Å². The van der Waals surface area contributed by atoms with Crippen molar-refractivity contribution in [3.63, 3.8) is 0 Å². The predicted molar refractivity (Wildman–Crippen MR) is 171 cm³/mol. The zero-order valence-electron chi connectivity index (χ0n) is 25.0. The largest absolute Gasteiger partial charge is 0.463 e. The van der Waals surface area contributed by atoms with E-state index in [1.165, 1.54) is 31.2 Å². The molecule has 1 unspecified atom stereocenters. The average Bonchev–Trinajstić information content (AvgIpc) is 3.03. The minimum absolute atomic E-state index is 0.00422. The number of nitrogens with zero attached hydrogens (tertiary/aromatic N) is 2. The molecule has 0 saturated carbocycles. The predicted octanol–water partition coefficient (Wildman–Crippen LogP) is 9.86. The molecule has 18 heteroatoms. The molecule has 0 heterocycles. The highest BCUT2D eigenvalue weighted by molar-refractivity contribution is 6.35. The Hall–Kier alpha value is -5.12. The van der Waals surface area contributed by atoms with Gasteiger partial charge >= 0.3 is 18.1 Å². The van der Waals surface area contributed by atoms with Gasteiger partial charge in [0.15, 0.2) is 6.10 Å². The maximum atomic E-state index is 12.8. The summed E-state index contributed by atoms with van der Waals surface area (Å²) in [6.07, 6.45) is -5.94. The Labute approximate surface area is 290 Å². The molecular formula is C31H22Cl3F3N2O10. The monoisotopic (exact) mass is 744 g/mol. The molecule has 0 aliphatic heterocycles. The molecular weight excluding hydrogens is 724 g/mol. The Balaban J connectivity index is 0.000000305. The van der Waals surface area contributed by atoms with Crippen LogP contribution in [-0.2, 0) is 20.4 Å². The molecule has 4 aromatic rings. The summed E-state index contributed by atoms with van der Waals surface area (Å²) in [5, 5.41) is 22.3. The minimum Gasteiger partial charge on any atom is -0.463 e. The highest BCUT2D eigenvalue weighted by atomic mass is 35.5. The van der Waals surface area contributed by atoms with Gasteiger partial charge in [-0.3, -0.25) is 20.2 Å². The van der Waals surface area contributed by atoms with Crippen molar-refractivity contribution in [2.24, 2.45) is 0 Å². The number of carbonyl (C=O) groups excluding carboxylic acids is 2. The van der Waals surface area contributed by atoms with Gasteiger partial charge in [-0.25, -0.2) is 9.59 Å². The van der Waals surface area contributed by atoms with E-state index in [2.05, 4.69) is 0 Å². The van der Waals surface area contributed by atoms with Crippen LogP contribution in [0.15, 0.2) is 78.9 Å². The molecule has 0 spiro atoms. The Bertz CT molecular complexity index is 1860. The fourth-order valence-electron chi connectivity index (χ4n) is 3.64. The number of non-ortho nitro benzene ring substituents is 1. The summed E-state index contributed by atoms with van der Waals surface area (Å²) >= 11 is 17.5. The van der Waals surface area contributed by atoms with E-state index < -0.39 is 50.9 Å². The molecule has 0 radical (unpaired) electrons. The van der Waals surface area contributed by atoms with Crippen LogP contribution < -0.4 is 9.47 Å². The van der Waals surface area contributed by atoms with Crippen LogP contribution in [0.3, 0.4) is 0 Å². The number of hydrogen-bond donors (Lipinski definition) is 0. The van der Waals surface area contributed by atoms with E-state index in [9.17, 15) is 43.0 Å². The number of rotatable bonds is 10. The highest BCUT2D eigenvalue weighted by Gasteiger charge is 2.31. The number of alkyl halides is 3. The van der Waals surface area contributed by atoms with Crippen molar-refractivity contribution in [2.45, 2.75) is 26.1 Å². The Kier molecular flexibility index (Phi) is 13.2. The third-order valence-corrected chi connectivity index (χ3v) is 6.77. The van der Waals surface area contributed by atoms with Gasteiger partial charge in [-0.05, 0) is 68.4 Å². The summed E-state index contributed by atoms with van der Waals surface area (Å²) in [6.45, 7) is 2.81. The lowest BCUT2D eigenvalue weighted by Crippen LogP contribution is -2.26. The van der Waals surface area contributed by atoms with E-state index in [1.54, 1.807) is 25.1 Å². The van der Waals surface area contributed by atoms with Crippen LogP contribution in [0.5, 0.6) is 23.0 Å². The minimum atomic E-state index is -4.61. The van der Waals surface area contributed by atoms with Crippen LogP contribution in [0, 0.1) is 20.2 Å². The molecule has 0 fully saturated rings. The van der Waals surface area contributed by atoms with Gasteiger partial charge < -0.3 is 18.9 Å². The zero-order chi connectivity index (χ0) is 36.5. The van der Waals surface area contributed by atoms with E-state index in [0.29, 0.717) is 27.6 Å². The summed E-state index contributed by atoms with van der Waals surface area (Å²) < 4.78 is 58.7. The number of benzene rings is 4. The van der Waals surface area contributed by atoms with E-state index in [4.69, 9.17) is 53.8 Å². The van der Waals surface area contributed by atoms with Crippen molar-refractivity contribution in [3.05, 3.63) is 125 Å². The van der Waals surface area contributed by atoms with Crippen molar-refractivity contribution in [3.8, 4) is 23.0 Å². The van der Waals surface area contributed by atoms with Crippen LogP contribution in [-0.4, -0.2) is 34.5 Å². The first-order valence-corrected chi connectivity index (χ1v) is 14.7. The van der Waals surface area contributed by atoms with Gasteiger partial charge in [0.05, 0.1) is 32.1 Å². The van der Waals surface area contributed by atoms with Gasteiger partial charge in [-0.1, -0.05) is 34.8 Å². The zero-order valence-corrected chi connectivity index (χ0v) is 27.3. The summed E-state index contributed by atoms with van der Waals surface area (Å²) in [7, 11) is 0. The molecule has 4 aromatic carbocycles. The van der Waals surface area contributed by atoms with Gasteiger partial charge in [0.1, 0.15) is 28.6 Å². The van der Waals surface area contributed by atoms with Gasteiger partial charge in [0.2, 0.25) is 0 Å². The van der Waals surface area contributed by atoms with Crippen LogP contribution in [0.4, 0.5) is 24.5 Å². The summed E-state index contributed by atoms with van der Waals surface area (Å²) in [4.78, 5) is 44.4. The lowest BCUT2D eigenvalue weighted by Gasteiger charge is -2.13. The molecule has 0 aromatic heterocycles. The molecule has 49 heavy (non-hydrogen) atoms. The van der Waals surface area contributed by atoms with E-state index in [-0.39, 0.29) is 28.8 Å². The van der Waals surface area contributed by atoms with E-state index >= 15 is 0 Å². The highest BCUT2D eigenvalue weighted by Crippen LogP contribution is 2.37. The van der Waals surface area contributed by atoms with Gasteiger partial charge in [0.25, 0.3) is 11.4 Å². The van der Waals surface area contributed by atoms with Crippen molar-refractivity contribution in [1.29, 1.82) is 0 Å². The van der Waals surface area contributed by atoms with E-state index in [0.717, 1.165) is 30.3 Å². The molecule has 0 aliphatic rings. The van der Waals surface area contributed by atoms with E-state index in [1.807, 2.05) is 0 Å². The fraction of sp³-hybridized carbons (Fsp3) is 0.161. The maximum absolute atomic E-state index is 12.8. The summed E-state index contributed by atoms with van der Waals surface area (Å²) in [5.74, 6) is -1.45. The van der Waals surface area contributed by atoms with Crippen LogP contribution in [0.25, 0.3) is 0 Å². The quantitative estimate of drug-likeness (QED) is 0.0869. The van der Waals surface area contributed by atoms with Crippen LogP contribution in [0.1, 0.15) is 29.8 Å². The van der Waals surface area contributed by atoms with Gasteiger partial charge in [-0.15, -0.1) is 0 Å². The Morgan fingerprint density at radius 2 is 1.37 bits per heavy atom. The molecule has 1 atom stereocenters. The fourth-order valence-corrected chi connectivity index (χ4v) is 4.31. The Morgan fingerprint density at radius 3 is 1.90 bits per heavy atom. The second kappa shape index (κ2) is 16.8. The number of halogens is 6. The summed E-state index contributed by atoms with van der Waals surface area (Å²) in [5.41, 5.74) is -2.16.